The van der Waals surface area contributed by atoms with E-state index < -0.39 is 0 Å². The molecular weight excluding hydrogens is 280 g/mol. The van der Waals surface area contributed by atoms with Gasteiger partial charge in [0, 0.05) is 25.5 Å². The predicted octanol–water partition coefficient (Wildman–Crippen LogP) is 1.89. The Labute approximate surface area is 132 Å². The minimum atomic E-state index is -0.202. The second-order valence-corrected chi connectivity index (χ2v) is 6.64. The third-order valence-electron chi connectivity index (χ3n) is 4.08. The van der Waals surface area contributed by atoms with Crippen molar-refractivity contribution in [1.29, 1.82) is 0 Å². The van der Waals surface area contributed by atoms with Gasteiger partial charge >= 0.3 is 6.03 Å². The van der Waals surface area contributed by atoms with Gasteiger partial charge in [0.2, 0.25) is 0 Å². The molecule has 2 rings (SSSR count). The van der Waals surface area contributed by atoms with Gasteiger partial charge < -0.3 is 20.3 Å². The predicted molar refractivity (Wildman–Crippen MR) is 85.3 cm³/mol. The largest absolute Gasteiger partial charge is 0.393 e. The highest BCUT2D eigenvalue weighted by molar-refractivity contribution is 5.73. The van der Waals surface area contributed by atoms with Crippen molar-refractivity contribution in [2.24, 2.45) is 11.8 Å². The van der Waals surface area contributed by atoms with Crippen molar-refractivity contribution in [3.05, 3.63) is 18.2 Å². The molecule has 0 spiro atoms. The van der Waals surface area contributed by atoms with Crippen LogP contribution in [-0.2, 0) is 13.1 Å². The van der Waals surface area contributed by atoms with Crippen molar-refractivity contribution in [1.82, 2.24) is 20.2 Å². The first-order chi connectivity index (χ1) is 10.5. The molecule has 1 aliphatic rings. The van der Waals surface area contributed by atoms with Crippen molar-refractivity contribution >= 4 is 6.03 Å². The molecule has 0 aromatic carbocycles. The first-order valence-electron chi connectivity index (χ1n) is 8.24. The molecule has 3 N–H and O–H groups in total. The van der Waals surface area contributed by atoms with Gasteiger partial charge in [-0.25, -0.2) is 9.78 Å². The molecule has 6 nitrogen and oxygen atoms in total. The Bertz CT molecular complexity index is 472. The Kier molecular flexibility index (Phi) is 6.24. The van der Waals surface area contributed by atoms with Crippen LogP contribution in [0.2, 0.25) is 0 Å². The van der Waals surface area contributed by atoms with Crippen molar-refractivity contribution in [2.75, 3.05) is 6.54 Å². The molecule has 1 aromatic heterocycles. The SMILES string of the molecule is CC(C)Cn1ccnc1CNC(=O)NCC1CCCC(O)C1. The highest BCUT2D eigenvalue weighted by Crippen LogP contribution is 2.23. The van der Waals surface area contributed by atoms with Gasteiger partial charge in [-0.15, -0.1) is 0 Å². The van der Waals surface area contributed by atoms with Crippen LogP contribution < -0.4 is 10.6 Å². The molecule has 1 fully saturated rings. The number of aliphatic hydroxyl groups excluding tert-OH is 1. The van der Waals surface area contributed by atoms with Crippen LogP contribution in [0.25, 0.3) is 0 Å². The lowest BCUT2D eigenvalue weighted by Gasteiger charge is -2.25. The van der Waals surface area contributed by atoms with Crippen LogP contribution in [0.3, 0.4) is 0 Å². The lowest BCUT2D eigenvalue weighted by molar-refractivity contribution is 0.101. The van der Waals surface area contributed by atoms with E-state index in [1.807, 2.05) is 6.20 Å². The molecule has 0 radical (unpaired) electrons. The standard InChI is InChI=1S/C16H28N4O2/c1-12(2)11-20-7-6-17-15(20)10-19-16(22)18-9-13-4-3-5-14(21)8-13/h6-7,12-14,21H,3-5,8-11H2,1-2H3,(H2,18,19,22). The van der Waals surface area contributed by atoms with Gasteiger partial charge in [0.1, 0.15) is 5.82 Å². The monoisotopic (exact) mass is 308 g/mol. The van der Waals surface area contributed by atoms with Crippen LogP contribution in [0.5, 0.6) is 0 Å². The molecule has 0 bridgehead atoms. The topological polar surface area (TPSA) is 79.2 Å². The van der Waals surface area contributed by atoms with Gasteiger partial charge in [-0.1, -0.05) is 20.3 Å². The van der Waals surface area contributed by atoms with Gasteiger partial charge in [-0.2, -0.15) is 0 Å². The molecule has 1 heterocycles. The number of rotatable bonds is 6. The lowest BCUT2D eigenvalue weighted by atomic mass is 9.87. The summed E-state index contributed by atoms with van der Waals surface area (Å²) in [7, 11) is 0. The maximum absolute atomic E-state index is 11.9. The van der Waals surface area contributed by atoms with Gasteiger partial charge in [0.25, 0.3) is 0 Å². The number of nitrogens with one attached hydrogen (secondary N) is 2. The molecule has 1 aliphatic carbocycles. The van der Waals surface area contributed by atoms with Crippen LogP contribution in [-0.4, -0.2) is 33.3 Å². The minimum Gasteiger partial charge on any atom is -0.393 e. The summed E-state index contributed by atoms with van der Waals surface area (Å²) in [5.74, 6) is 1.80. The zero-order chi connectivity index (χ0) is 15.9. The number of carbonyl (C=O) groups is 1. The Balaban J connectivity index is 1.70. The average molecular weight is 308 g/mol. The summed E-state index contributed by atoms with van der Waals surface area (Å²) < 4.78 is 2.07. The number of aliphatic hydroxyl groups is 1. The number of hydrogen-bond acceptors (Lipinski definition) is 3. The number of aromatic nitrogens is 2. The molecule has 1 aromatic rings. The molecule has 2 atom stereocenters. The average Bonchev–Trinajstić information content (AvgIpc) is 2.89. The third kappa shape index (κ3) is 5.33. The first-order valence-corrected chi connectivity index (χ1v) is 8.24. The summed E-state index contributed by atoms with van der Waals surface area (Å²) in [5.41, 5.74) is 0. The van der Waals surface area contributed by atoms with Crippen LogP contribution >= 0.6 is 0 Å². The zero-order valence-corrected chi connectivity index (χ0v) is 13.6. The summed E-state index contributed by atoms with van der Waals surface area (Å²) in [6.07, 6.45) is 7.31. The van der Waals surface area contributed by atoms with E-state index in [1.165, 1.54) is 0 Å². The summed E-state index contributed by atoms with van der Waals surface area (Å²) in [6.45, 7) is 6.27. The zero-order valence-electron chi connectivity index (χ0n) is 13.6. The van der Waals surface area contributed by atoms with Crippen LogP contribution in [0, 0.1) is 11.8 Å². The molecule has 0 saturated heterocycles. The van der Waals surface area contributed by atoms with E-state index >= 15 is 0 Å². The minimum absolute atomic E-state index is 0.167. The number of amides is 2. The lowest BCUT2D eigenvalue weighted by Crippen LogP contribution is -2.39. The fraction of sp³-hybridized carbons (Fsp3) is 0.750. The molecular formula is C16H28N4O2. The Morgan fingerprint density at radius 2 is 2.27 bits per heavy atom. The number of urea groups is 1. The smallest absolute Gasteiger partial charge is 0.315 e. The normalized spacial score (nSPS) is 21.8. The van der Waals surface area contributed by atoms with E-state index in [4.69, 9.17) is 0 Å². The number of hydrogen-bond donors (Lipinski definition) is 3. The molecule has 1 saturated carbocycles. The molecule has 0 aliphatic heterocycles. The second-order valence-electron chi connectivity index (χ2n) is 6.64. The van der Waals surface area contributed by atoms with Crippen LogP contribution in [0.4, 0.5) is 4.79 Å². The number of carbonyl (C=O) groups excluding carboxylic acids is 1. The van der Waals surface area contributed by atoms with E-state index in [2.05, 4.69) is 34.0 Å². The fourth-order valence-electron chi connectivity index (χ4n) is 2.97. The highest BCUT2D eigenvalue weighted by Gasteiger charge is 2.20. The highest BCUT2D eigenvalue weighted by atomic mass is 16.3. The number of imidazole rings is 1. The van der Waals surface area contributed by atoms with E-state index in [0.717, 1.165) is 38.1 Å². The fourth-order valence-corrected chi connectivity index (χ4v) is 2.97. The summed E-state index contributed by atoms with van der Waals surface area (Å²) >= 11 is 0. The summed E-state index contributed by atoms with van der Waals surface area (Å²) in [6, 6.07) is -0.167. The molecule has 6 heteroatoms. The van der Waals surface area contributed by atoms with E-state index in [-0.39, 0.29) is 12.1 Å². The van der Waals surface area contributed by atoms with Crippen molar-refractivity contribution in [2.45, 2.75) is 58.7 Å². The quantitative estimate of drug-likeness (QED) is 0.751. The van der Waals surface area contributed by atoms with Gasteiger partial charge in [0.15, 0.2) is 0 Å². The Morgan fingerprint density at radius 3 is 3.00 bits per heavy atom. The molecule has 2 unspecified atom stereocenters. The van der Waals surface area contributed by atoms with Gasteiger partial charge in [-0.3, -0.25) is 0 Å². The van der Waals surface area contributed by atoms with Crippen LogP contribution in [0.1, 0.15) is 45.4 Å². The molecule has 2 amide bonds. The molecule has 22 heavy (non-hydrogen) atoms. The van der Waals surface area contributed by atoms with Gasteiger partial charge in [-0.05, 0) is 31.1 Å². The summed E-state index contributed by atoms with van der Waals surface area (Å²) in [4.78, 5) is 16.2. The maximum atomic E-state index is 11.9. The maximum Gasteiger partial charge on any atom is 0.315 e. The summed E-state index contributed by atoms with van der Waals surface area (Å²) in [5, 5.41) is 15.4. The van der Waals surface area contributed by atoms with Crippen LogP contribution in [0.15, 0.2) is 12.4 Å². The van der Waals surface area contributed by atoms with E-state index in [9.17, 15) is 9.90 Å². The van der Waals surface area contributed by atoms with E-state index in [0.29, 0.717) is 24.9 Å². The van der Waals surface area contributed by atoms with Crippen molar-refractivity contribution in [3.8, 4) is 0 Å². The van der Waals surface area contributed by atoms with E-state index in [1.54, 1.807) is 6.20 Å². The van der Waals surface area contributed by atoms with Gasteiger partial charge in [0.05, 0.1) is 12.6 Å². The number of nitrogens with zero attached hydrogens (tertiary/aromatic N) is 2. The third-order valence-corrected chi connectivity index (χ3v) is 4.08. The molecule has 124 valence electrons. The Hall–Kier alpha value is -1.56. The Morgan fingerprint density at radius 1 is 1.45 bits per heavy atom. The first kappa shape index (κ1) is 16.8. The van der Waals surface area contributed by atoms with Crippen molar-refractivity contribution < 1.29 is 9.90 Å². The van der Waals surface area contributed by atoms with Crippen molar-refractivity contribution in [3.63, 3.8) is 0 Å². The second kappa shape index (κ2) is 8.17.